The van der Waals surface area contributed by atoms with Crippen molar-refractivity contribution < 1.29 is 13.9 Å². The van der Waals surface area contributed by atoms with Crippen LogP contribution in [0.5, 0.6) is 5.75 Å². The van der Waals surface area contributed by atoms with Crippen LogP contribution in [0.25, 0.3) is 0 Å². The van der Waals surface area contributed by atoms with E-state index in [2.05, 4.69) is 14.1 Å². The van der Waals surface area contributed by atoms with Gasteiger partial charge in [0.25, 0.3) is 5.91 Å². The molecule has 3 aromatic rings. The Labute approximate surface area is 148 Å². The number of amides is 1. The summed E-state index contributed by atoms with van der Waals surface area (Å²) < 4.78 is 27.4. The van der Waals surface area contributed by atoms with E-state index < -0.39 is 0 Å². The highest BCUT2D eigenvalue weighted by Gasteiger charge is 2.08. The summed E-state index contributed by atoms with van der Waals surface area (Å²) in [5.41, 5.74) is 2.59. The van der Waals surface area contributed by atoms with E-state index in [-0.39, 0.29) is 18.3 Å². The number of carbonyl (C=O) groups excluding carboxylic acids is 1. The predicted molar refractivity (Wildman–Crippen MR) is 93.0 cm³/mol. The van der Waals surface area contributed by atoms with E-state index in [0.29, 0.717) is 23.5 Å². The van der Waals surface area contributed by atoms with Crippen molar-refractivity contribution in [2.24, 2.45) is 0 Å². The van der Waals surface area contributed by atoms with Crippen LogP contribution in [0.15, 0.2) is 48.5 Å². The van der Waals surface area contributed by atoms with Crippen LogP contribution in [0.4, 0.5) is 4.39 Å². The quantitative estimate of drug-likeness (QED) is 0.733. The van der Waals surface area contributed by atoms with Crippen LogP contribution in [0.1, 0.15) is 27.3 Å². The number of ether oxygens (including phenoxy) is 1. The highest BCUT2D eigenvalue weighted by atomic mass is 32.1. The third-order valence-electron chi connectivity index (χ3n) is 3.64. The second-order valence-electron chi connectivity index (χ2n) is 5.38. The summed E-state index contributed by atoms with van der Waals surface area (Å²) in [5, 5.41) is 2.70. The maximum atomic E-state index is 13.5. The van der Waals surface area contributed by atoms with E-state index in [1.54, 1.807) is 42.5 Å². The largest absolute Gasteiger partial charge is 0.487 e. The fraction of sp³-hybridized carbons (Fsp3) is 0.167. The molecule has 0 aliphatic rings. The van der Waals surface area contributed by atoms with Gasteiger partial charge in [0.2, 0.25) is 0 Å². The Kier molecular flexibility index (Phi) is 5.35. The number of carbonyl (C=O) groups is 1. The van der Waals surface area contributed by atoms with Gasteiger partial charge in [0.15, 0.2) is 0 Å². The molecule has 1 heterocycles. The molecule has 0 radical (unpaired) electrons. The molecule has 1 aromatic heterocycles. The first-order valence-electron chi connectivity index (χ1n) is 7.66. The van der Waals surface area contributed by atoms with Crippen molar-refractivity contribution in [2.45, 2.75) is 20.1 Å². The van der Waals surface area contributed by atoms with E-state index in [1.807, 2.05) is 6.92 Å². The lowest BCUT2D eigenvalue weighted by Crippen LogP contribution is -2.23. The predicted octanol–water partition coefficient (Wildman–Crippen LogP) is 3.49. The maximum absolute atomic E-state index is 13.5. The Balaban J connectivity index is 1.55. The van der Waals surface area contributed by atoms with Gasteiger partial charge >= 0.3 is 0 Å². The minimum atomic E-state index is -0.335. The fourth-order valence-corrected chi connectivity index (χ4v) is 2.71. The van der Waals surface area contributed by atoms with Crippen LogP contribution >= 0.6 is 11.7 Å². The molecule has 0 fully saturated rings. The van der Waals surface area contributed by atoms with Crippen LogP contribution in [0.3, 0.4) is 0 Å². The molecule has 0 aliphatic heterocycles. The molecular weight excluding hydrogens is 341 g/mol. The van der Waals surface area contributed by atoms with E-state index >= 15 is 0 Å². The zero-order chi connectivity index (χ0) is 17.6. The minimum absolute atomic E-state index is 0.139. The Hall–Kier alpha value is -2.80. The number of aromatic nitrogens is 2. The lowest BCUT2D eigenvalue weighted by Gasteiger charge is -2.08. The minimum Gasteiger partial charge on any atom is -0.487 e. The SMILES string of the molecule is Cc1nsnc1COc1ccc(C(=O)NCc2ccccc2F)cc1. The molecule has 0 spiro atoms. The van der Waals surface area contributed by atoms with Crippen molar-refractivity contribution in [1.82, 2.24) is 14.1 Å². The van der Waals surface area contributed by atoms with Crippen molar-refractivity contribution in [1.29, 1.82) is 0 Å². The van der Waals surface area contributed by atoms with Crippen molar-refractivity contribution in [3.05, 3.63) is 76.9 Å². The zero-order valence-electron chi connectivity index (χ0n) is 13.5. The summed E-state index contributed by atoms with van der Waals surface area (Å²) in [6, 6.07) is 13.1. The van der Waals surface area contributed by atoms with Gasteiger partial charge in [-0.1, -0.05) is 18.2 Å². The molecule has 3 rings (SSSR count). The molecule has 0 aliphatic carbocycles. The van der Waals surface area contributed by atoms with Gasteiger partial charge in [-0.3, -0.25) is 4.79 Å². The second-order valence-corrected chi connectivity index (χ2v) is 5.91. The van der Waals surface area contributed by atoms with E-state index in [9.17, 15) is 9.18 Å². The summed E-state index contributed by atoms with van der Waals surface area (Å²) >= 11 is 1.15. The lowest BCUT2D eigenvalue weighted by molar-refractivity contribution is 0.0950. The van der Waals surface area contributed by atoms with Crippen molar-refractivity contribution in [2.75, 3.05) is 0 Å². The van der Waals surface area contributed by atoms with Gasteiger partial charge in [0.05, 0.1) is 17.4 Å². The van der Waals surface area contributed by atoms with Gasteiger partial charge in [-0.15, -0.1) is 0 Å². The van der Waals surface area contributed by atoms with Gasteiger partial charge < -0.3 is 10.1 Å². The third-order valence-corrected chi connectivity index (χ3v) is 4.29. The fourth-order valence-electron chi connectivity index (χ4n) is 2.15. The van der Waals surface area contributed by atoms with Gasteiger partial charge in [-0.05, 0) is 37.3 Å². The molecule has 7 heteroatoms. The van der Waals surface area contributed by atoms with Gasteiger partial charge in [-0.25, -0.2) is 4.39 Å². The van der Waals surface area contributed by atoms with Crippen LogP contribution in [0.2, 0.25) is 0 Å². The highest BCUT2D eigenvalue weighted by Crippen LogP contribution is 2.15. The van der Waals surface area contributed by atoms with Crippen molar-refractivity contribution >= 4 is 17.6 Å². The summed E-state index contributed by atoms with van der Waals surface area (Å²) in [5.74, 6) is 0.0331. The lowest BCUT2D eigenvalue weighted by atomic mass is 10.2. The molecule has 0 bridgehead atoms. The summed E-state index contributed by atoms with van der Waals surface area (Å²) in [7, 11) is 0. The normalized spacial score (nSPS) is 10.5. The van der Waals surface area contributed by atoms with Crippen LogP contribution < -0.4 is 10.1 Å². The number of nitrogens with zero attached hydrogens (tertiary/aromatic N) is 2. The molecule has 0 atom stereocenters. The van der Waals surface area contributed by atoms with Crippen LogP contribution in [-0.4, -0.2) is 14.7 Å². The van der Waals surface area contributed by atoms with Gasteiger partial charge in [0.1, 0.15) is 23.9 Å². The number of nitrogens with one attached hydrogen (secondary N) is 1. The average Bonchev–Trinajstić information content (AvgIpc) is 3.04. The number of hydrogen-bond acceptors (Lipinski definition) is 5. The molecule has 0 saturated carbocycles. The Morgan fingerprint density at radius 2 is 1.92 bits per heavy atom. The van der Waals surface area contributed by atoms with Crippen LogP contribution in [0, 0.1) is 12.7 Å². The Morgan fingerprint density at radius 3 is 2.60 bits per heavy atom. The molecule has 1 N–H and O–H groups in total. The van der Waals surface area contributed by atoms with E-state index in [4.69, 9.17) is 4.74 Å². The monoisotopic (exact) mass is 357 g/mol. The van der Waals surface area contributed by atoms with Crippen molar-refractivity contribution in [3.63, 3.8) is 0 Å². The molecule has 0 saturated heterocycles. The van der Waals surface area contributed by atoms with Gasteiger partial charge in [-0.2, -0.15) is 8.75 Å². The van der Waals surface area contributed by atoms with E-state index in [0.717, 1.165) is 23.1 Å². The maximum Gasteiger partial charge on any atom is 0.251 e. The Bertz CT molecular complexity index is 865. The van der Waals surface area contributed by atoms with E-state index in [1.165, 1.54) is 6.07 Å². The first-order chi connectivity index (χ1) is 12.1. The summed E-state index contributed by atoms with van der Waals surface area (Å²) in [6.07, 6.45) is 0. The summed E-state index contributed by atoms with van der Waals surface area (Å²) in [6.45, 7) is 2.35. The molecule has 1 amide bonds. The first kappa shape index (κ1) is 17.0. The number of rotatable bonds is 6. The average molecular weight is 357 g/mol. The smallest absolute Gasteiger partial charge is 0.251 e. The second kappa shape index (κ2) is 7.85. The molecule has 2 aromatic carbocycles. The zero-order valence-corrected chi connectivity index (χ0v) is 14.3. The number of halogens is 1. The van der Waals surface area contributed by atoms with Crippen molar-refractivity contribution in [3.8, 4) is 5.75 Å². The third kappa shape index (κ3) is 4.39. The molecule has 128 valence electrons. The number of aryl methyl sites for hydroxylation is 1. The Morgan fingerprint density at radius 1 is 1.16 bits per heavy atom. The number of hydrogen-bond donors (Lipinski definition) is 1. The molecular formula is C18H16FN3O2S. The standard InChI is InChI=1S/C18H16FN3O2S/c1-12-17(22-25-21-12)11-24-15-8-6-13(7-9-15)18(23)20-10-14-4-2-3-5-16(14)19/h2-9H,10-11H2,1H3,(H,20,23). The topological polar surface area (TPSA) is 64.1 Å². The molecule has 0 unspecified atom stereocenters. The number of benzene rings is 2. The van der Waals surface area contributed by atoms with Crippen LogP contribution in [-0.2, 0) is 13.2 Å². The van der Waals surface area contributed by atoms with Gasteiger partial charge in [0, 0.05) is 17.7 Å². The molecule has 25 heavy (non-hydrogen) atoms. The molecule has 5 nitrogen and oxygen atoms in total. The first-order valence-corrected chi connectivity index (χ1v) is 8.39. The highest BCUT2D eigenvalue weighted by molar-refractivity contribution is 6.99. The summed E-state index contributed by atoms with van der Waals surface area (Å²) in [4.78, 5) is 12.1.